The van der Waals surface area contributed by atoms with E-state index in [2.05, 4.69) is 5.32 Å². The van der Waals surface area contributed by atoms with E-state index in [1.807, 2.05) is 5.41 Å². The number of amides is 2. The molecule has 0 aromatic rings. The second kappa shape index (κ2) is 5.83. The standard InChI is InChI=1S/C14H20N2O5S/c1-7-6-22-11-8(15-13(19)21-14(2,3)4)10(17)16(11)9(7)12(18)20-5/h6,8-9,11H,1-5H3,(H,15,19)/t8-,9?,11-/m1/s1. The molecule has 122 valence electrons. The first kappa shape index (κ1) is 16.7. The predicted octanol–water partition coefficient (Wildman–Crippen LogP) is 1.24. The Balaban J connectivity index is 2.07. The highest BCUT2D eigenvalue weighted by Gasteiger charge is 2.55. The quantitative estimate of drug-likeness (QED) is 0.606. The van der Waals surface area contributed by atoms with E-state index in [1.165, 1.54) is 23.8 Å². The summed E-state index contributed by atoms with van der Waals surface area (Å²) in [6.45, 7) is 7.01. The summed E-state index contributed by atoms with van der Waals surface area (Å²) < 4.78 is 9.90. The van der Waals surface area contributed by atoms with Crippen molar-refractivity contribution in [2.45, 2.75) is 50.8 Å². The van der Waals surface area contributed by atoms with E-state index >= 15 is 0 Å². The number of β-lactam (4-membered cyclic amide) rings is 1. The Labute approximate surface area is 133 Å². The van der Waals surface area contributed by atoms with Crippen molar-refractivity contribution in [2.24, 2.45) is 0 Å². The van der Waals surface area contributed by atoms with Crippen molar-refractivity contribution in [3.05, 3.63) is 11.0 Å². The van der Waals surface area contributed by atoms with Crippen LogP contribution in [0.15, 0.2) is 11.0 Å². The Hall–Kier alpha value is -1.70. The van der Waals surface area contributed by atoms with Crippen molar-refractivity contribution >= 4 is 29.7 Å². The summed E-state index contributed by atoms with van der Waals surface area (Å²) >= 11 is 1.39. The van der Waals surface area contributed by atoms with Crippen LogP contribution in [0.5, 0.6) is 0 Å². The zero-order valence-electron chi connectivity index (χ0n) is 13.2. The summed E-state index contributed by atoms with van der Waals surface area (Å²) in [7, 11) is 1.28. The number of methoxy groups -OCH3 is 1. The lowest BCUT2D eigenvalue weighted by atomic mass is 9.99. The van der Waals surface area contributed by atoms with Gasteiger partial charge in [-0.05, 0) is 38.7 Å². The lowest BCUT2D eigenvalue weighted by molar-refractivity contribution is -0.160. The number of carbonyl (C=O) groups excluding carboxylic acids is 3. The van der Waals surface area contributed by atoms with Crippen LogP contribution in [0.1, 0.15) is 27.7 Å². The maximum absolute atomic E-state index is 12.3. The fourth-order valence-electron chi connectivity index (χ4n) is 2.34. The monoisotopic (exact) mass is 328 g/mol. The van der Waals surface area contributed by atoms with E-state index in [1.54, 1.807) is 27.7 Å². The van der Waals surface area contributed by atoms with Crippen molar-refractivity contribution in [1.29, 1.82) is 0 Å². The zero-order chi connectivity index (χ0) is 16.7. The molecule has 2 aliphatic heterocycles. The molecule has 0 aromatic carbocycles. The number of hydrogen-bond acceptors (Lipinski definition) is 6. The Morgan fingerprint density at radius 3 is 2.55 bits per heavy atom. The summed E-state index contributed by atoms with van der Waals surface area (Å²) in [5, 5.41) is 4.05. The minimum absolute atomic E-state index is 0.314. The number of rotatable bonds is 2. The maximum Gasteiger partial charge on any atom is 0.408 e. The number of esters is 1. The Morgan fingerprint density at radius 1 is 1.36 bits per heavy atom. The Morgan fingerprint density at radius 2 is 2.00 bits per heavy atom. The van der Waals surface area contributed by atoms with Gasteiger partial charge in [0, 0.05) is 0 Å². The topological polar surface area (TPSA) is 84.9 Å². The second-order valence-corrected chi connectivity index (χ2v) is 7.17. The predicted molar refractivity (Wildman–Crippen MR) is 80.9 cm³/mol. The van der Waals surface area contributed by atoms with Gasteiger partial charge in [-0.2, -0.15) is 0 Å². The van der Waals surface area contributed by atoms with Crippen LogP contribution in [0.4, 0.5) is 4.79 Å². The third-order valence-corrected chi connectivity index (χ3v) is 4.57. The molecule has 7 nitrogen and oxygen atoms in total. The van der Waals surface area contributed by atoms with Crippen LogP contribution in [-0.2, 0) is 19.1 Å². The molecule has 1 fully saturated rings. The first-order valence-corrected chi connectivity index (χ1v) is 7.81. The number of thioether (sulfide) groups is 1. The third kappa shape index (κ3) is 3.06. The molecule has 0 aliphatic carbocycles. The summed E-state index contributed by atoms with van der Waals surface area (Å²) in [6.07, 6.45) is -0.646. The number of hydrogen-bond donors (Lipinski definition) is 1. The number of carbonyl (C=O) groups is 3. The number of nitrogens with zero attached hydrogens (tertiary/aromatic N) is 1. The van der Waals surface area contributed by atoms with Gasteiger partial charge in [0.2, 0.25) is 5.91 Å². The fourth-order valence-corrected chi connectivity index (χ4v) is 3.53. The molecule has 2 rings (SSSR count). The molecule has 1 unspecified atom stereocenters. The molecule has 2 amide bonds. The molecule has 0 spiro atoms. The summed E-state index contributed by atoms with van der Waals surface area (Å²) in [4.78, 5) is 37.4. The maximum atomic E-state index is 12.3. The lowest BCUT2D eigenvalue weighted by Gasteiger charge is -2.51. The summed E-state index contributed by atoms with van der Waals surface area (Å²) in [5.74, 6) is -0.797. The molecule has 1 N–H and O–H groups in total. The van der Waals surface area contributed by atoms with Crippen LogP contribution in [-0.4, -0.2) is 53.0 Å². The van der Waals surface area contributed by atoms with Crippen molar-refractivity contribution in [3.63, 3.8) is 0 Å². The molecule has 3 atom stereocenters. The SMILES string of the molecule is COC(=O)C1C(C)=CS[C@@H]2[C@H](NC(=O)OC(C)(C)C)C(=O)N12. The number of nitrogens with one attached hydrogen (secondary N) is 1. The molecule has 0 saturated carbocycles. The van der Waals surface area contributed by atoms with Crippen molar-refractivity contribution in [2.75, 3.05) is 7.11 Å². The highest BCUT2D eigenvalue weighted by Crippen LogP contribution is 2.40. The van der Waals surface area contributed by atoms with Gasteiger partial charge in [-0.25, -0.2) is 9.59 Å². The van der Waals surface area contributed by atoms with Gasteiger partial charge in [0.25, 0.3) is 0 Å². The van der Waals surface area contributed by atoms with Gasteiger partial charge in [-0.1, -0.05) is 0 Å². The minimum Gasteiger partial charge on any atom is -0.467 e. The molecular weight excluding hydrogens is 308 g/mol. The third-order valence-electron chi connectivity index (χ3n) is 3.28. The molecule has 22 heavy (non-hydrogen) atoms. The molecular formula is C14H20N2O5S. The number of fused-ring (bicyclic) bond motifs is 1. The van der Waals surface area contributed by atoms with Crippen molar-refractivity contribution in [3.8, 4) is 0 Å². The van der Waals surface area contributed by atoms with Crippen LogP contribution in [0, 0.1) is 0 Å². The highest BCUT2D eigenvalue weighted by atomic mass is 32.2. The highest BCUT2D eigenvalue weighted by molar-refractivity contribution is 8.02. The van der Waals surface area contributed by atoms with E-state index in [0.29, 0.717) is 0 Å². The van der Waals surface area contributed by atoms with E-state index in [0.717, 1.165) is 5.57 Å². The smallest absolute Gasteiger partial charge is 0.408 e. The van der Waals surface area contributed by atoms with Crippen molar-refractivity contribution in [1.82, 2.24) is 10.2 Å². The van der Waals surface area contributed by atoms with Gasteiger partial charge >= 0.3 is 12.1 Å². The fraction of sp³-hybridized carbons (Fsp3) is 0.643. The zero-order valence-corrected chi connectivity index (χ0v) is 14.0. The normalized spacial score (nSPS) is 27.3. The van der Waals surface area contributed by atoms with Gasteiger partial charge in [0.1, 0.15) is 17.0 Å². The molecule has 1 saturated heterocycles. The lowest BCUT2D eigenvalue weighted by Crippen LogP contribution is -2.73. The van der Waals surface area contributed by atoms with Crippen LogP contribution in [0.2, 0.25) is 0 Å². The van der Waals surface area contributed by atoms with Crippen LogP contribution in [0.3, 0.4) is 0 Å². The number of ether oxygens (including phenoxy) is 2. The number of alkyl carbamates (subject to hydrolysis) is 1. The summed E-state index contributed by atoms with van der Waals surface area (Å²) in [6, 6.07) is -1.42. The van der Waals surface area contributed by atoms with E-state index in [9.17, 15) is 14.4 Å². The van der Waals surface area contributed by atoms with Crippen LogP contribution < -0.4 is 5.32 Å². The molecule has 0 aromatic heterocycles. The molecule has 0 bridgehead atoms. The van der Waals surface area contributed by atoms with Gasteiger partial charge < -0.3 is 19.7 Å². The molecule has 2 heterocycles. The van der Waals surface area contributed by atoms with Crippen LogP contribution in [0.25, 0.3) is 0 Å². The van der Waals surface area contributed by atoms with Gasteiger partial charge in [0.05, 0.1) is 7.11 Å². The second-order valence-electron chi connectivity index (χ2n) is 6.18. The van der Waals surface area contributed by atoms with Crippen LogP contribution >= 0.6 is 11.8 Å². The average molecular weight is 328 g/mol. The molecule has 2 aliphatic rings. The first-order chi connectivity index (χ1) is 10.2. The average Bonchev–Trinajstić information content (AvgIpc) is 2.41. The van der Waals surface area contributed by atoms with Crippen molar-refractivity contribution < 1.29 is 23.9 Å². The Kier molecular flexibility index (Phi) is 4.42. The van der Waals surface area contributed by atoms with Gasteiger partial charge in [0.15, 0.2) is 6.04 Å². The minimum atomic E-state index is -0.722. The van der Waals surface area contributed by atoms with E-state index in [-0.39, 0.29) is 11.3 Å². The van der Waals surface area contributed by atoms with E-state index < -0.39 is 29.7 Å². The molecule has 8 heteroatoms. The molecule has 0 radical (unpaired) electrons. The van der Waals surface area contributed by atoms with Gasteiger partial charge in [-0.15, -0.1) is 11.8 Å². The van der Waals surface area contributed by atoms with Gasteiger partial charge in [-0.3, -0.25) is 4.79 Å². The first-order valence-electron chi connectivity index (χ1n) is 6.87. The van der Waals surface area contributed by atoms with E-state index in [4.69, 9.17) is 9.47 Å². The Bertz CT molecular complexity index is 540. The summed E-state index contributed by atoms with van der Waals surface area (Å²) in [5.41, 5.74) is 0.110. The largest absolute Gasteiger partial charge is 0.467 e.